The molecule has 0 saturated carbocycles. The van der Waals surface area contributed by atoms with Gasteiger partial charge in [-0.15, -0.1) is 0 Å². The summed E-state index contributed by atoms with van der Waals surface area (Å²) in [7, 11) is 0. The minimum Gasteiger partial charge on any atom is -0.493 e. The average molecular weight is 434 g/mol. The molecular weight excluding hydrogens is 402 g/mol. The molecule has 1 amide bonds. The highest BCUT2D eigenvalue weighted by Crippen LogP contribution is 2.22. The lowest BCUT2D eigenvalue weighted by atomic mass is 10.1. The summed E-state index contributed by atoms with van der Waals surface area (Å²) in [6, 6.07) is 24.3. The Morgan fingerprint density at radius 1 is 0.688 bits per heavy atom. The van der Waals surface area contributed by atoms with Crippen molar-refractivity contribution < 1.29 is 19.0 Å². The van der Waals surface area contributed by atoms with Crippen LogP contribution in [0.2, 0.25) is 0 Å². The topological polar surface area (TPSA) is 56.8 Å². The van der Waals surface area contributed by atoms with Crippen LogP contribution in [0, 0.1) is 0 Å². The summed E-state index contributed by atoms with van der Waals surface area (Å²) < 4.78 is 17.2. The van der Waals surface area contributed by atoms with Crippen molar-refractivity contribution in [3.8, 4) is 17.2 Å². The normalized spacial score (nSPS) is 10.4. The number of hydrogen-bond donors (Lipinski definition) is 1. The highest BCUT2D eigenvalue weighted by atomic mass is 16.5. The van der Waals surface area contributed by atoms with E-state index < -0.39 is 0 Å². The van der Waals surface area contributed by atoms with Gasteiger partial charge in [0.2, 0.25) is 0 Å². The first kappa shape index (κ1) is 23.2. The van der Waals surface area contributed by atoms with Crippen LogP contribution < -0.4 is 19.5 Å². The summed E-state index contributed by atoms with van der Waals surface area (Å²) in [5.41, 5.74) is 1.22. The minimum atomic E-state index is -0.195. The summed E-state index contributed by atoms with van der Waals surface area (Å²) in [5.74, 6) is 1.95. The second-order valence-corrected chi connectivity index (χ2v) is 7.39. The van der Waals surface area contributed by atoms with E-state index in [0.29, 0.717) is 36.8 Å². The van der Waals surface area contributed by atoms with Crippen LogP contribution in [0.1, 0.15) is 43.0 Å². The molecule has 5 heteroatoms. The van der Waals surface area contributed by atoms with Crippen molar-refractivity contribution in [1.82, 2.24) is 0 Å². The molecule has 1 N–H and O–H groups in total. The standard InChI is InChI=1S/C27H31NO4/c1-2-3-4-10-19-32-26-14-9-8-13-25(26)27(29)28-22-15-17-24(18-16-22)31-21-20-30-23-11-6-5-7-12-23/h5-9,11-18H,2-4,10,19-21H2,1H3,(H,28,29). The van der Waals surface area contributed by atoms with Crippen LogP contribution in [0.4, 0.5) is 5.69 Å². The van der Waals surface area contributed by atoms with E-state index in [1.54, 1.807) is 6.07 Å². The van der Waals surface area contributed by atoms with Crippen molar-refractivity contribution in [3.05, 3.63) is 84.4 Å². The number of hydrogen-bond acceptors (Lipinski definition) is 4. The van der Waals surface area contributed by atoms with E-state index in [2.05, 4.69) is 12.2 Å². The maximum Gasteiger partial charge on any atom is 0.259 e. The number of unbranched alkanes of at least 4 members (excludes halogenated alkanes) is 3. The number of rotatable bonds is 13. The summed E-state index contributed by atoms with van der Waals surface area (Å²) in [5, 5.41) is 2.93. The Labute approximate surface area is 190 Å². The third kappa shape index (κ3) is 7.65. The first-order chi connectivity index (χ1) is 15.8. The fourth-order valence-corrected chi connectivity index (χ4v) is 3.16. The highest BCUT2D eigenvalue weighted by Gasteiger charge is 2.12. The van der Waals surface area contributed by atoms with Gasteiger partial charge in [-0.3, -0.25) is 4.79 Å². The smallest absolute Gasteiger partial charge is 0.259 e. The van der Waals surface area contributed by atoms with E-state index in [1.165, 1.54) is 12.8 Å². The molecule has 0 spiro atoms. The Kier molecular flexibility index (Phi) is 9.46. The summed E-state index contributed by atoms with van der Waals surface area (Å²) in [6.07, 6.45) is 4.51. The number of ether oxygens (including phenoxy) is 3. The molecule has 0 heterocycles. The lowest BCUT2D eigenvalue weighted by Gasteiger charge is -2.12. The molecule has 0 aliphatic heterocycles. The van der Waals surface area contributed by atoms with Gasteiger partial charge in [-0.2, -0.15) is 0 Å². The second-order valence-electron chi connectivity index (χ2n) is 7.39. The van der Waals surface area contributed by atoms with Gasteiger partial charge in [-0.05, 0) is 55.0 Å². The average Bonchev–Trinajstić information content (AvgIpc) is 2.83. The molecule has 0 saturated heterocycles. The van der Waals surface area contributed by atoms with Gasteiger partial charge < -0.3 is 19.5 Å². The van der Waals surface area contributed by atoms with Crippen LogP contribution in [-0.4, -0.2) is 25.7 Å². The molecule has 0 radical (unpaired) electrons. The first-order valence-corrected chi connectivity index (χ1v) is 11.2. The van der Waals surface area contributed by atoms with Crippen molar-refractivity contribution in [2.45, 2.75) is 32.6 Å². The summed E-state index contributed by atoms with van der Waals surface area (Å²) >= 11 is 0. The van der Waals surface area contributed by atoms with Gasteiger partial charge in [0, 0.05) is 5.69 Å². The molecule has 0 fully saturated rings. The van der Waals surface area contributed by atoms with Gasteiger partial charge in [0.1, 0.15) is 30.5 Å². The molecular formula is C27H31NO4. The maximum atomic E-state index is 12.8. The van der Waals surface area contributed by atoms with Crippen LogP contribution >= 0.6 is 0 Å². The van der Waals surface area contributed by atoms with E-state index in [0.717, 1.165) is 24.3 Å². The molecule has 3 aromatic carbocycles. The van der Waals surface area contributed by atoms with Gasteiger partial charge >= 0.3 is 0 Å². The molecule has 0 bridgehead atoms. The van der Waals surface area contributed by atoms with Crippen molar-refractivity contribution in [1.29, 1.82) is 0 Å². The highest BCUT2D eigenvalue weighted by molar-refractivity contribution is 6.06. The van der Waals surface area contributed by atoms with E-state index in [-0.39, 0.29) is 5.91 Å². The zero-order chi connectivity index (χ0) is 22.4. The molecule has 0 atom stereocenters. The van der Waals surface area contributed by atoms with Crippen LogP contribution in [0.15, 0.2) is 78.9 Å². The zero-order valence-electron chi connectivity index (χ0n) is 18.6. The van der Waals surface area contributed by atoms with Gasteiger partial charge in [-0.1, -0.05) is 56.5 Å². The molecule has 3 rings (SSSR count). The Hall–Kier alpha value is -3.47. The Bertz CT molecular complexity index is 941. The van der Waals surface area contributed by atoms with Crippen LogP contribution in [0.3, 0.4) is 0 Å². The lowest BCUT2D eigenvalue weighted by molar-refractivity contribution is 0.102. The van der Waals surface area contributed by atoms with Crippen molar-refractivity contribution >= 4 is 11.6 Å². The van der Waals surface area contributed by atoms with Crippen molar-refractivity contribution in [2.24, 2.45) is 0 Å². The molecule has 0 aliphatic rings. The SMILES string of the molecule is CCCCCCOc1ccccc1C(=O)Nc1ccc(OCCOc2ccccc2)cc1. The number of carbonyl (C=O) groups is 1. The zero-order valence-corrected chi connectivity index (χ0v) is 18.6. The predicted octanol–water partition coefficient (Wildman–Crippen LogP) is 6.36. The fourth-order valence-electron chi connectivity index (χ4n) is 3.16. The summed E-state index contributed by atoms with van der Waals surface area (Å²) in [6.45, 7) is 3.69. The molecule has 32 heavy (non-hydrogen) atoms. The van der Waals surface area contributed by atoms with Gasteiger partial charge in [0.15, 0.2) is 0 Å². The third-order valence-corrected chi connectivity index (χ3v) is 4.86. The molecule has 5 nitrogen and oxygen atoms in total. The number of benzene rings is 3. The quantitative estimate of drug-likeness (QED) is 0.319. The van der Waals surface area contributed by atoms with E-state index in [1.807, 2.05) is 72.8 Å². The number of para-hydroxylation sites is 2. The molecule has 0 aliphatic carbocycles. The molecule has 0 aromatic heterocycles. The van der Waals surface area contributed by atoms with E-state index >= 15 is 0 Å². The second kappa shape index (κ2) is 13.1. The van der Waals surface area contributed by atoms with E-state index in [4.69, 9.17) is 14.2 Å². The van der Waals surface area contributed by atoms with Gasteiger partial charge in [-0.25, -0.2) is 0 Å². The molecule has 0 unspecified atom stereocenters. The molecule has 3 aromatic rings. The van der Waals surface area contributed by atoms with Crippen molar-refractivity contribution in [3.63, 3.8) is 0 Å². The first-order valence-electron chi connectivity index (χ1n) is 11.2. The lowest BCUT2D eigenvalue weighted by Crippen LogP contribution is -2.14. The van der Waals surface area contributed by atoms with Crippen LogP contribution in [0.25, 0.3) is 0 Å². The largest absolute Gasteiger partial charge is 0.493 e. The Morgan fingerprint density at radius 2 is 1.34 bits per heavy atom. The van der Waals surface area contributed by atoms with E-state index in [9.17, 15) is 4.79 Å². The minimum absolute atomic E-state index is 0.195. The number of nitrogens with one attached hydrogen (secondary N) is 1. The van der Waals surface area contributed by atoms with Gasteiger partial charge in [0.05, 0.1) is 12.2 Å². The fraction of sp³-hybridized carbons (Fsp3) is 0.296. The number of anilines is 1. The number of carbonyl (C=O) groups excluding carboxylic acids is 1. The Balaban J connectivity index is 1.46. The van der Waals surface area contributed by atoms with Crippen molar-refractivity contribution in [2.75, 3.05) is 25.1 Å². The monoisotopic (exact) mass is 433 g/mol. The van der Waals surface area contributed by atoms with Gasteiger partial charge in [0.25, 0.3) is 5.91 Å². The maximum absolute atomic E-state index is 12.8. The molecule has 168 valence electrons. The Morgan fingerprint density at radius 3 is 2.06 bits per heavy atom. The van der Waals surface area contributed by atoms with Crippen LogP contribution in [0.5, 0.6) is 17.2 Å². The summed E-state index contributed by atoms with van der Waals surface area (Å²) in [4.78, 5) is 12.8. The number of amides is 1. The third-order valence-electron chi connectivity index (χ3n) is 4.86. The van der Waals surface area contributed by atoms with Crippen LogP contribution in [-0.2, 0) is 0 Å². The predicted molar refractivity (Wildman–Crippen MR) is 128 cm³/mol.